The lowest BCUT2D eigenvalue weighted by Crippen LogP contribution is -2.16. The van der Waals surface area contributed by atoms with Gasteiger partial charge in [0.2, 0.25) is 0 Å². The molecule has 66 valence electrons. The van der Waals surface area contributed by atoms with E-state index in [-0.39, 0.29) is 10.5 Å². The number of hydrogen-bond donors (Lipinski definition) is 0. The molecule has 0 atom stereocenters. The molecular formula is C7H4BrF3O. The zero-order chi connectivity index (χ0) is 11.8. The maximum atomic E-state index is 11.9. The number of ether oxygens (including phenoxy) is 1. The van der Waals surface area contributed by atoms with E-state index in [4.69, 9.17) is 4.11 Å². The molecule has 0 aliphatic carbocycles. The van der Waals surface area contributed by atoms with Gasteiger partial charge in [0, 0.05) is 4.47 Å². The molecule has 0 radical (unpaired) electrons. The van der Waals surface area contributed by atoms with Gasteiger partial charge in [0.25, 0.3) is 0 Å². The summed E-state index contributed by atoms with van der Waals surface area (Å²) in [5, 5.41) is 0. The zero-order valence-corrected chi connectivity index (χ0v) is 7.08. The van der Waals surface area contributed by atoms with E-state index in [0.717, 1.165) is 6.07 Å². The van der Waals surface area contributed by atoms with E-state index >= 15 is 0 Å². The highest BCUT2D eigenvalue weighted by Crippen LogP contribution is 2.24. The van der Waals surface area contributed by atoms with Crippen LogP contribution in [-0.2, 0) is 0 Å². The largest absolute Gasteiger partial charge is 0.573 e. The molecule has 0 saturated heterocycles. The molecule has 12 heavy (non-hydrogen) atoms. The lowest BCUT2D eigenvalue weighted by Gasteiger charge is -2.08. The molecule has 1 aromatic rings. The van der Waals surface area contributed by atoms with Crippen LogP contribution in [0.15, 0.2) is 28.7 Å². The van der Waals surface area contributed by atoms with Gasteiger partial charge in [-0.25, -0.2) is 0 Å². The molecule has 0 fully saturated rings. The zero-order valence-electron chi connectivity index (χ0n) is 8.50. The fourth-order valence-corrected chi connectivity index (χ4v) is 0.802. The number of benzene rings is 1. The smallest absolute Gasteiger partial charge is 0.406 e. The van der Waals surface area contributed by atoms with Crippen LogP contribution in [0.4, 0.5) is 13.2 Å². The van der Waals surface area contributed by atoms with Crippen LogP contribution < -0.4 is 4.74 Å². The van der Waals surface area contributed by atoms with Gasteiger partial charge < -0.3 is 4.74 Å². The van der Waals surface area contributed by atoms with E-state index in [2.05, 4.69) is 20.7 Å². The van der Waals surface area contributed by atoms with E-state index in [1.54, 1.807) is 0 Å². The van der Waals surface area contributed by atoms with Crippen molar-refractivity contribution >= 4 is 15.9 Å². The van der Waals surface area contributed by atoms with Crippen LogP contribution in [-0.4, -0.2) is 6.36 Å². The first kappa shape index (κ1) is 5.85. The second kappa shape index (κ2) is 3.35. The lowest BCUT2D eigenvalue weighted by molar-refractivity contribution is -0.274. The number of hydrogen-bond acceptors (Lipinski definition) is 1. The van der Waals surface area contributed by atoms with Crippen LogP contribution in [0, 0.1) is 0 Å². The molecule has 0 N–H and O–H groups in total. The Morgan fingerprint density at radius 3 is 2.67 bits per heavy atom. The molecule has 0 heterocycles. The fourth-order valence-electron chi connectivity index (χ4n) is 0.508. The molecule has 0 spiro atoms. The first-order valence-corrected chi connectivity index (χ1v) is 3.53. The Hall–Kier alpha value is -0.710. The SMILES string of the molecule is [2H]c1cc([2H])c(OC(F)(F)F)c([2H])c1Br. The molecule has 0 aliphatic heterocycles. The highest BCUT2D eigenvalue weighted by atomic mass is 79.9. The van der Waals surface area contributed by atoms with Crippen molar-refractivity contribution in [3.05, 3.63) is 28.7 Å². The van der Waals surface area contributed by atoms with Crippen LogP contribution in [0.1, 0.15) is 4.11 Å². The van der Waals surface area contributed by atoms with Crippen molar-refractivity contribution in [1.29, 1.82) is 0 Å². The minimum Gasteiger partial charge on any atom is -0.406 e. The van der Waals surface area contributed by atoms with Crippen LogP contribution in [0.5, 0.6) is 5.75 Å². The predicted octanol–water partition coefficient (Wildman–Crippen LogP) is 3.35. The summed E-state index contributed by atoms with van der Waals surface area (Å²) < 4.78 is 60.6. The van der Waals surface area contributed by atoms with Gasteiger partial charge >= 0.3 is 6.36 Å². The topological polar surface area (TPSA) is 9.23 Å². The molecule has 1 nitrogen and oxygen atoms in total. The van der Waals surface area contributed by atoms with Gasteiger partial charge in [-0.1, -0.05) is 22.0 Å². The third-order valence-corrected chi connectivity index (χ3v) is 1.27. The summed E-state index contributed by atoms with van der Waals surface area (Å²) in [6, 6.07) is -0.682. The Bertz CT molecular complexity index is 394. The fraction of sp³-hybridized carbons (Fsp3) is 0.143. The van der Waals surface area contributed by atoms with Gasteiger partial charge in [0.1, 0.15) is 5.75 Å². The minimum absolute atomic E-state index is 0.141. The predicted molar refractivity (Wildman–Crippen MR) is 40.8 cm³/mol. The van der Waals surface area contributed by atoms with E-state index in [1.807, 2.05) is 0 Å². The summed E-state index contributed by atoms with van der Waals surface area (Å²) in [5.74, 6) is -0.912. The summed E-state index contributed by atoms with van der Waals surface area (Å²) >= 11 is 2.77. The van der Waals surface area contributed by atoms with Crippen molar-refractivity contribution in [3.8, 4) is 5.75 Å². The average molecular weight is 244 g/mol. The van der Waals surface area contributed by atoms with Crippen molar-refractivity contribution < 1.29 is 22.0 Å². The van der Waals surface area contributed by atoms with Gasteiger partial charge in [0.05, 0.1) is 4.11 Å². The van der Waals surface area contributed by atoms with Gasteiger partial charge in [-0.3, -0.25) is 0 Å². The normalized spacial score (nSPS) is 14.8. The second-order valence-electron chi connectivity index (χ2n) is 1.75. The summed E-state index contributed by atoms with van der Waals surface area (Å²) in [5.41, 5.74) is 0. The van der Waals surface area contributed by atoms with E-state index < -0.39 is 24.2 Å². The highest BCUT2D eigenvalue weighted by molar-refractivity contribution is 9.10. The molecule has 1 aromatic carbocycles. The Morgan fingerprint density at radius 1 is 1.42 bits per heavy atom. The molecular weight excluding hydrogens is 237 g/mol. The summed E-state index contributed by atoms with van der Waals surface area (Å²) in [6.07, 6.45) is -4.95. The summed E-state index contributed by atoms with van der Waals surface area (Å²) in [7, 11) is 0. The third-order valence-electron chi connectivity index (χ3n) is 0.843. The maximum absolute atomic E-state index is 11.9. The molecule has 1 rings (SSSR count). The Labute approximate surface area is 79.5 Å². The molecule has 0 bridgehead atoms. The molecule has 5 heteroatoms. The van der Waals surface area contributed by atoms with Crippen LogP contribution in [0.3, 0.4) is 0 Å². The molecule has 0 aromatic heterocycles. The Balaban J connectivity index is 3.24. The van der Waals surface area contributed by atoms with Crippen molar-refractivity contribution in [2.24, 2.45) is 0 Å². The first-order chi connectivity index (χ1) is 6.72. The minimum atomic E-state index is -4.95. The average Bonchev–Trinajstić information content (AvgIpc) is 2.07. The molecule has 0 unspecified atom stereocenters. The van der Waals surface area contributed by atoms with Crippen LogP contribution >= 0.6 is 15.9 Å². The summed E-state index contributed by atoms with van der Waals surface area (Å²) in [4.78, 5) is 0. The monoisotopic (exact) mass is 243 g/mol. The lowest BCUT2D eigenvalue weighted by atomic mass is 10.3. The van der Waals surface area contributed by atoms with E-state index in [9.17, 15) is 13.2 Å². The van der Waals surface area contributed by atoms with Crippen molar-refractivity contribution in [2.75, 3.05) is 0 Å². The van der Waals surface area contributed by atoms with Crippen molar-refractivity contribution in [2.45, 2.75) is 6.36 Å². The van der Waals surface area contributed by atoms with Crippen molar-refractivity contribution in [3.63, 3.8) is 0 Å². The van der Waals surface area contributed by atoms with Gasteiger partial charge in [-0.15, -0.1) is 13.2 Å². The summed E-state index contributed by atoms with van der Waals surface area (Å²) in [6.45, 7) is 0. The first-order valence-electron chi connectivity index (χ1n) is 4.24. The van der Waals surface area contributed by atoms with Gasteiger partial charge in [0.15, 0.2) is 0 Å². The van der Waals surface area contributed by atoms with Crippen LogP contribution in [0.25, 0.3) is 0 Å². The Morgan fingerprint density at radius 2 is 2.08 bits per heavy atom. The van der Waals surface area contributed by atoms with Crippen LogP contribution in [0.2, 0.25) is 0 Å². The van der Waals surface area contributed by atoms with Gasteiger partial charge in [-0.05, 0) is 18.1 Å². The molecule has 0 saturated carbocycles. The third kappa shape index (κ3) is 3.13. The number of halogens is 4. The molecule has 0 aliphatic rings. The van der Waals surface area contributed by atoms with E-state index in [0.29, 0.717) is 0 Å². The van der Waals surface area contributed by atoms with Gasteiger partial charge in [-0.2, -0.15) is 0 Å². The highest BCUT2D eigenvalue weighted by Gasteiger charge is 2.30. The second-order valence-corrected chi connectivity index (χ2v) is 2.54. The van der Waals surface area contributed by atoms with Crippen molar-refractivity contribution in [1.82, 2.24) is 0 Å². The van der Waals surface area contributed by atoms with E-state index in [1.165, 1.54) is 0 Å². The number of alkyl halides is 3. The maximum Gasteiger partial charge on any atom is 0.573 e. The quantitative estimate of drug-likeness (QED) is 0.736. The number of rotatable bonds is 1. The standard InChI is InChI=1S/C7H4BrF3O/c8-5-2-1-3-6(4-5)12-7(9,10)11/h1-4H/i2D,3D,4D. The molecule has 0 amide bonds. The Kier molecular flexibility index (Phi) is 1.63.